The number of hydrogen-bond acceptors (Lipinski definition) is 3. The molecule has 3 nitrogen and oxygen atoms in total. The summed E-state index contributed by atoms with van der Waals surface area (Å²) in [7, 11) is 1.92. The summed E-state index contributed by atoms with van der Waals surface area (Å²) in [4.78, 5) is 6.78. The van der Waals surface area contributed by atoms with Crippen molar-refractivity contribution < 1.29 is 0 Å². The minimum absolute atomic E-state index is 0.918. The average Bonchev–Trinajstić information content (AvgIpc) is 2.83. The van der Waals surface area contributed by atoms with Crippen LogP contribution in [0, 0.1) is 0 Å². The first-order chi connectivity index (χ1) is 8.88. The number of rotatable bonds is 3. The third kappa shape index (κ3) is 1.92. The smallest absolute Gasteiger partial charge is 0.130 e. The highest BCUT2D eigenvalue weighted by atomic mass is 15.1. The molecule has 0 saturated carbocycles. The zero-order valence-electron chi connectivity index (χ0n) is 10.6. The van der Waals surface area contributed by atoms with E-state index in [-0.39, 0.29) is 0 Å². The van der Waals surface area contributed by atoms with Crippen molar-refractivity contribution in [3.05, 3.63) is 53.7 Å². The Morgan fingerprint density at radius 1 is 1.22 bits per heavy atom. The van der Waals surface area contributed by atoms with Crippen molar-refractivity contribution in [1.82, 2.24) is 4.98 Å². The van der Waals surface area contributed by atoms with Crippen molar-refractivity contribution >= 4 is 11.5 Å². The Labute approximate surface area is 107 Å². The fraction of sp³-hybridized carbons (Fsp3) is 0.267. The highest BCUT2D eigenvalue weighted by molar-refractivity contribution is 5.59. The van der Waals surface area contributed by atoms with Gasteiger partial charge in [-0.2, -0.15) is 0 Å². The molecule has 0 bridgehead atoms. The van der Waals surface area contributed by atoms with E-state index in [0.717, 1.165) is 25.3 Å². The maximum absolute atomic E-state index is 4.36. The van der Waals surface area contributed by atoms with Gasteiger partial charge in [-0.05, 0) is 24.1 Å². The molecular formula is C15H17N3. The third-order valence-corrected chi connectivity index (χ3v) is 3.47. The van der Waals surface area contributed by atoms with Gasteiger partial charge in [0.1, 0.15) is 5.82 Å². The van der Waals surface area contributed by atoms with Crippen molar-refractivity contribution in [3.63, 3.8) is 0 Å². The highest BCUT2D eigenvalue weighted by Gasteiger charge is 2.19. The molecule has 1 aliphatic heterocycles. The Balaban J connectivity index is 1.86. The summed E-state index contributed by atoms with van der Waals surface area (Å²) in [5.41, 5.74) is 4.06. The van der Waals surface area contributed by atoms with Crippen molar-refractivity contribution in [2.45, 2.75) is 13.0 Å². The summed E-state index contributed by atoms with van der Waals surface area (Å²) in [6.07, 6.45) is 2.97. The van der Waals surface area contributed by atoms with Crippen LogP contribution in [0.5, 0.6) is 0 Å². The van der Waals surface area contributed by atoms with Gasteiger partial charge >= 0.3 is 0 Å². The number of fused-ring (bicyclic) bond motifs is 1. The van der Waals surface area contributed by atoms with Gasteiger partial charge < -0.3 is 10.2 Å². The summed E-state index contributed by atoms with van der Waals surface area (Å²) in [6.45, 7) is 2.01. The van der Waals surface area contributed by atoms with Crippen LogP contribution in [0.4, 0.5) is 11.5 Å². The standard InChI is InChI=1S/C15H17N3/c1-16-15-13(6-4-9-17-15)11-18-10-8-12-5-2-3-7-14(12)18/h2-7,9H,8,10-11H2,1H3,(H,16,17). The summed E-state index contributed by atoms with van der Waals surface area (Å²) in [5.74, 6) is 0.974. The monoisotopic (exact) mass is 239 g/mol. The van der Waals surface area contributed by atoms with E-state index in [1.165, 1.54) is 16.8 Å². The molecule has 3 rings (SSSR count). The maximum atomic E-state index is 4.36. The van der Waals surface area contributed by atoms with Crippen molar-refractivity contribution in [2.24, 2.45) is 0 Å². The Bertz CT molecular complexity index is 551. The molecule has 0 saturated heterocycles. The first-order valence-corrected chi connectivity index (χ1v) is 6.33. The lowest BCUT2D eigenvalue weighted by Crippen LogP contribution is -2.20. The van der Waals surface area contributed by atoms with Crippen LogP contribution < -0.4 is 10.2 Å². The van der Waals surface area contributed by atoms with E-state index in [2.05, 4.69) is 45.5 Å². The van der Waals surface area contributed by atoms with Gasteiger partial charge in [-0.1, -0.05) is 24.3 Å². The van der Waals surface area contributed by atoms with Crippen molar-refractivity contribution in [1.29, 1.82) is 0 Å². The summed E-state index contributed by atoms with van der Waals surface area (Å²) >= 11 is 0. The molecule has 1 aromatic carbocycles. The molecular weight excluding hydrogens is 222 g/mol. The number of pyridine rings is 1. The van der Waals surface area contributed by atoms with E-state index in [9.17, 15) is 0 Å². The number of benzene rings is 1. The Kier molecular flexibility index (Phi) is 2.89. The van der Waals surface area contributed by atoms with Gasteiger partial charge in [0.15, 0.2) is 0 Å². The maximum Gasteiger partial charge on any atom is 0.130 e. The van der Waals surface area contributed by atoms with Gasteiger partial charge in [0.05, 0.1) is 0 Å². The van der Waals surface area contributed by atoms with Crippen LogP contribution in [0.3, 0.4) is 0 Å². The highest BCUT2D eigenvalue weighted by Crippen LogP contribution is 2.29. The number of nitrogens with one attached hydrogen (secondary N) is 1. The number of para-hydroxylation sites is 1. The predicted molar refractivity (Wildman–Crippen MR) is 75.0 cm³/mol. The Morgan fingerprint density at radius 2 is 2.11 bits per heavy atom. The summed E-state index contributed by atoms with van der Waals surface area (Å²) < 4.78 is 0. The lowest BCUT2D eigenvalue weighted by molar-refractivity contribution is 0.833. The number of aromatic nitrogens is 1. The average molecular weight is 239 g/mol. The molecule has 0 fully saturated rings. The van der Waals surface area contributed by atoms with E-state index in [4.69, 9.17) is 0 Å². The fourth-order valence-corrected chi connectivity index (χ4v) is 2.57. The first kappa shape index (κ1) is 11.1. The van der Waals surface area contributed by atoms with Gasteiger partial charge in [0, 0.05) is 37.6 Å². The molecule has 0 spiro atoms. The molecule has 1 aliphatic rings. The second-order valence-corrected chi connectivity index (χ2v) is 4.56. The van der Waals surface area contributed by atoms with Crippen LogP contribution in [-0.4, -0.2) is 18.6 Å². The quantitative estimate of drug-likeness (QED) is 0.892. The van der Waals surface area contributed by atoms with Gasteiger partial charge in [-0.3, -0.25) is 0 Å². The van der Waals surface area contributed by atoms with Crippen molar-refractivity contribution in [3.8, 4) is 0 Å². The van der Waals surface area contributed by atoms with E-state index in [1.807, 2.05) is 19.3 Å². The van der Waals surface area contributed by atoms with E-state index in [0.29, 0.717) is 0 Å². The normalized spacial score (nSPS) is 13.5. The number of hydrogen-bond donors (Lipinski definition) is 1. The van der Waals surface area contributed by atoms with Gasteiger partial charge in [-0.15, -0.1) is 0 Å². The van der Waals surface area contributed by atoms with Crippen LogP contribution in [0.25, 0.3) is 0 Å². The first-order valence-electron chi connectivity index (χ1n) is 6.33. The minimum atomic E-state index is 0.918. The molecule has 92 valence electrons. The molecule has 0 amide bonds. The van der Waals surface area contributed by atoms with Gasteiger partial charge in [0.2, 0.25) is 0 Å². The SMILES string of the molecule is CNc1ncccc1CN1CCc2ccccc21. The molecule has 3 heteroatoms. The van der Waals surface area contributed by atoms with Gasteiger partial charge in [-0.25, -0.2) is 4.98 Å². The molecule has 0 aliphatic carbocycles. The molecule has 2 heterocycles. The molecule has 0 unspecified atom stereocenters. The predicted octanol–water partition coefficient (Wildman–Crippen LogP) is 2.69. The molecule has 18 heavy (non-hydrogen) atoms. The van der Waals surface area contributed by atoms with E-state index < -0.39 is 0 Å². The largest absolute Gasteiger partial charge is 0.373 e. The van der Waals surface area contributed by atoms with E-state index >= 15 is 0 Å². The van der Waals surface area contributed by atoms with Crippen LogP contribution in [0.1, 0.15) is 11.1 Å². The summed E-state index contributed by atoms with van der Waals surface area (Å²) in [5, 5.41) is 3.16. The van der Waals surface area contributed by atoms with Gasteiger partial charge in [0.25, 0.3) is 0 Å². The lowest BCUT2D eigenvalue weighted by Gasteiger charge is -2.20. The van der Waals surface area contributed by atoms with E-state index in [1.54, 1.807) is 0 Å². The molecule has 0 radical (unpaired) electrons. The fourth-order valence-electron chi connectivity index (χ4n) is 2.57. The van der Waals surface area contributed by atoms with Crippen LogP contribution in [0.15, 0.2) is 42.6 Å². The lowest BCUT2D eigenvalue weighted by atomic mass is 10.2. The van der Waals surface area contributed by atoms with Crippen molar-refractivity contribution in [2.75, 3.05) is 23.8 Å². The molecule has 1 aromatic heterocycles. The third-order valence-electron chi connectivity index (χ3n) is 3.47. The zero-order chi connectivity index (χ0) is 12.4. The second kappa shape index (κ2) is 4.69. The molecule has 1 N–H and O–H groups in total. The Hall–Kier alpha value is -2.03. The number of nitrogens with zero attached hydrogens (tertiary/aromatic N) is 2. The van der Waals surface area contributed by atoms with Crippen LogP contribution >= 0.6 is 0 Å². The second-order valence-electron chi connectivity index (χ2n) is 4.56. The molecule has 2 aromatic rings. The van der Waals surface area contributed by atoms with Crippen LogP contribution in [-0.2, 0) is 13.0 Å². The summed E-state index contributed by atoms with van der Waals surface area (Å²) in [6, 6.07) is 12.8. The number of anilines is 2. The zero-order valence-corrected chi connectivity index (χ0v) is 10.6. The Morgan fingerprint density at radius 3 is 3.00 bits per heavy atom. The topological polar surface area (TPSA) is 28.2 Å². The molecule has 0 atom stereocenters. The minimum Gasteiger partial charge on any atom is -0.373 e. The van der Waals surface area contributed by atoms with Crippen LogP contribution in [0.2, 0.25) is 0 Å².